The molecule has 0 aliphatic carbocycles. The molecule has 0 aromatic heterocycles. The molecule has 1 N–H and O–H groups in total. The number of nitrogens with one attached hydrogen (secondary N) is 1. The third-order valence-corrected chi connectivity index (χ3v) is 3.66. The molecular formula is C15H16N2O4. The number of carbonyl (C=O) groups excluding carboxylic acids is 2. The molecule has 110 valence electrons. The van der Waals surface area contributed by atoms with Crippen molar-refractivity contribution < 1.29 is 19.1 Å². The minimum atomic E-state index is -0.542. The van der Waals surface area contributed by atoms with Crippen molar-refractivity contribution in [2.24, 2.45) is 5.92 Å². The number of nitriles is 1. The number of hydrogen-bond donors (Lipinski definition) is 1. The zero-order valence-electron chi connectivity index (χ0n) is 11.8. The number of hydrogen-bond acceptors (Lipinski definition) is 6. The van der Waals surface area contributed by atoms with Gasteiger partial charge in [0.2, 0.25) is 0 Å². The number of carbonyl (C=O) groups is 2. The molecule has 0 radical (unpaired) electrons. The summed E-state index contributed by atoms with van der Waals surface area (Å²) in [7, 11) is 2.63. The summed E-state index contributed by atoms with van der Waals surface area (Å²) in [5, 5.41) is 11.9. The second kappa shape index (κ2) is 6.37. The van der Waals surface area contributed by atoms with E-state index in [-0.39, 0.29) is 12.0 Å². The van der Waals surface area contributed by atoms with E-state index in [9.17, 15) is 9.59 Å². The molecule has 0 unspecified atom stereocenters. The fraction of sp³-hybridized carbons (Fsp3) is 0.400. The van der Waals surface area contributed by atoms with E-state index in [1.54, 1.807) is 24.3 Å². The molecule has 6 nitrogen and oxygen atoms in total. The van der Waals surface area contributed by atoms with Gasteiger partial charge < -0.3 is 9.47 Å². The quantitative estimate of drug-likeness (QED) is 0.832. The summed E-state index contributed by atoms with van der Waals surface area (Å²) >= 11 is 0. The molecule has 1 aromatic carbocycles. The molecule has 21 heavy (non-hydrogen) atoms. The Morgan fingerprint density at radius 3 is 2.33 bits per heavy atom. The second-order valence-corrected chi connectivity index (χ2v) is 4.82. The van der Waals surface area contributed by atoms with Crippen molar-refractivity contribution >= 4 is 11.9 Å². The predicted molar refractivity (Wildman–Crippen MR) is 73.0 cm³/mol. The molecule has 0 saturated carbocycles. The average molecular weight is 288 g/mol. The second-order valence-electron chi connectivity index (χ2n) is 4.82. The van der Waals surface area contributed by atoms with Crippen LogP contribution in [0.15, 0.2) is 24.3 Å². The number of benzene rings is 1. The van der Waals surface area contributed by atoms with Crippen LogP contribution < -0.4 is 5.32 Å². The van der Waals surface area contributed by atoms with E-state index >= 15 is 0 Å². The number of rotatable bonds is 3. The van der Waals surface area contributed by atoms with Crippen molar-refractivity contribution in [2.75, 3.05) is 14.2 Å². The van der Waals surface area contributed by atoms with Crippen LogP contribution >= 0.6 is 0 Å². The Morgan fingerprint density at radius 1 is 1.19 bits per heavy atom. The van der Waals surface area contributed by atoms with E-state index in [0.717, 1.165) is 5.56 Å². The third kappa shape index (κ3) is 3.03. The molecule has 1 saturated heterocycles. The van der Waals surface area contributed by atoms with Crippen molar-refractivity contribution in [3.05, 3.63) is 35.4 Å². The summed E-state index contributed by atoms with van der Waals surface area (Å²) in [6.07, 6.45) is 0.323. The van der Waals surface area contributed by atoms with Gasteiger partial charge in [-0.2, -0.15) is 5.26 Å². The van der Waals surface area contributed by atoms with E-state index < -0.39 is 17.9 Å². The van der Waals surface area contributed by atoms with Crippen molar-refractivity contribution in [2.45, 2.75) is 18.5 Å². The normalized spacial score (nSPS) is 24.1. The lowest BCUT2D eigenvalue weighted by Crippen LogP contribution is -2.33. The molecule has 3 atom stereocenters. The summed E-state index contributed by atoms with van der Waals surface area (Å²) in [5.41, 5.74) is 1.37. The number of methoxy groups -OCH3 is 2. The first-order chi connectivity index (χ1) is 10.1. The molecule has 1 aliphatic rings. The highest BCUT2D eigenvalue weighted by molar-refractivity contribution is 5.80. The molecule has 1 heterocycles. The molecular weight excluding hydrogens is 272 g/mol. The van der Waals surface area contributed by atoms with Gasteiger partial charge in [0.05, 0.1) is 31.8 Å². The van der Waals surface area contributed by atoms with Crippen molar-refractivity contribution in [3.8, 4) is 6.07 Å². The standard InChI is InChI=1S/C15H16N2O4/c1-20-14(18)11-7-12(15(19)21-2)17-13(11)10-5-3-9(8-16)4-6-10/h3-6,11-13,17H,7H2,1-2H3/t11-,12-,13-/m0/s1. The Kier molecular flexibility index (Phi) is 4.55. The Morgan fingerprint density at radius 2 is 1.81 bits per heavy atom. The Hall–Kier alpha value is -2.39. The fourth-order valence-corrected chi connectivity index (χ4v) is 2.57. The highest BCUT2D eigenvalue weighted by atomic mass is 16.5. The number of nitrogens with zero attached hydrogens (tertiary/aromatic N) is 1. The molecule has 6 heteroatoms. The zero-order chi connectivity index (χ0) is 15.4. The van der Waals surface area contributed by atoms with Crippen molar-refractivity contribution in [3.63, 3.8) is 0 Å². The third-order valence-electron chi connectivity index (χ3n) is 3.66. The maximum absolute atomic E-state index is 11.9. The van der Waals surface area contributed by atoms with E-state index in [4.69, 9.17) is 14.7 Å². The van der Waals surface area contributed by atoms with Crippen LogP contribution in [0.5, 0.6) is 0 Å². The predicted octanol–water partition coefficient (Wildman–Crippen LogP) is 0.923. The summed E-state index contributed by atoms with van der Waals surface area (Å²) in [6, 6.07) is 8.05. The molecule has 0 bridgehead atoms. The van der Waals surface area contributed by atoms with Crippen LogP contribution in [-0.2, 0) is 19.1 Å². The number of esters is 2. The van der Waals surface area contributed by atoms with Gasteiger partial charge in [-0.15, -0.1) is 0 Å². The van der Waals surface area contributed by atoms with Crippen molar-refractivity contribution in [1.82, 2.24) is 5.32 Å². The van der Waals surface area contributed by atoms with Gasteiger partial charge >= 0.3 is 11.9 Å². The van der Waals surface area contributed by atoms with Crippen LogP contribution in [0.3, 0.4) is 0 Å². The first-order valence-electron chi connectivity index (χ1n) is 6.52. The van der Waals surface area contributed by atoms with Gasteiger partial charge in [0.25, 0.3) is 0 Å². The molecule has 1 fully saturated rings. The summed E-state index contributed by atoms with van der Waals surface area (Å²) < 4.78 is 9.53. The highest BCUT2D eigenvalue weighted by Crippen LogP contribution is 2.34. The smallest absolute Gasteiger partial charge is 0.322 e. The summed E-state index contributed by atoms with van der Waals surface area (Å²) in [5.74, 6) is -1.24. The van der Waals surface area contributed by atoms with E-state index in [0.29, 0.717) is 12.0 Å². The Balaban J connectivity index is 2.27. The molecule has 1 aliphatic heterocycles. The van der Waals surface area contributed by atoms with Crippen LogP contribution in [0.4, 0.5) is 0 Å². The van der Waals surface area contributed by atoms with Gasteiger partial charge in [-0.25, -0.2) is 0 Å². The minimum absolute atomic E-state index is 0.323. The monoisotopic (exact) mass is 288 g/mol. The van der Waals surface area contributed by atoms with Gasteiger partial charge in [-0.3, -0.25) is 14.9 Å². The van der Waals surface area contributed by atoms with Crippen LogP contribution in [0.1, 0.15) is 23.6 Å². The molecule has 1 aromatic rings. The topological polar surface area (TPSA) is 88.4 Å². The maximum Gasteiger partial charge on any atom is 0.322 e. The van der Waals surface area contributed by atoms with Crippen LogP contribution in [-0.4, -0.2) is 32.2 Å². The Labute approximate surface area is 122 Å². The molecule has 2 rings (SSSR count). The first kappa shape index (κ1) is 15.0. The first-order valence-corrected chi connectivity index (χ1v) is 6.52. The summed E-state index contributed by atoms with van der Waals surface area (Å²) in [4.78, 5) is 23.6. The Bertz CT molecular complexity index is 576. The van der Waals surface area contributed by atoms with E-state index in [1.165, 1.54) is 14.2 Å². The lowest BCUT2D eigenvalue weighted by molar-refractivity contribution is -0.146. The van der Waals surface area contributed by atoms with E-state index in [1.807, 2.05) is 6.07 Å². The largest absolute Gasteiger partial charge is 0.469 e. The molecule has 0 amide bonds. The van der Waals surface area contributed by atoms with Gasteiger partial charge in [-0.1, -0.05) is 12.1 Å². The lowest BCUT2D eigenvalue weighted by atomic mass is 9.93. The van der Waals surface area contributed by atoms with Crippen LogP contribution in [0, 0.1) is 17.2 Å². The van der Waals surface area contributed by atoms with Gasteiger partial charge in [0, 0.05) is 6.04 Å². The average Bonchev–Trinajstić information content (AvgIpc) is 2.98. The fourth-order valence-electron chi connectivity index (χ4n) is 2.57. The van der Waals surface area contributed by atoms with Crippen LogP contribution in [0.25, 0.3) is 0 Å². The summed E-state index contributed by atoms with van der Waals surface area (Å²) in [6.45, 7) is 0. The SMILES string of the molecule is COC(=O)[C@@H]1C[C@H](C(=O)OC)[C@H](c2ccc(C#N)cc2)N1. The highest BCUT2D eigenvalue weighted by Gasteiger charge is 2.43. The lowest BCUT2D eigenvalue weighted by Gasteiger charge is -2.18. The van der Waals surface area contributed by atoms with E-state index in [2.05, 4.69) is 5.32 Å². The van der Waals surface area contributed by atoms with Gasteiger partial charge in [0.15, 0.2) is 0 Å². The van der Waals surface area contributed by atoms with Gasteiger partial charge in [-0.05, 0) is 24.1 Å². The zero-order valence-corrected chi connectivity index (χ0v) is 11.8. The number of ether oxygens (including phenoxy) is 2. The molecule has 0 spiro atoms. The maximum atomic E-state index is 11.9. The van der Waals surface area contributed by atoms with Crippen molar-refractivity contribution in [1.29, 1.82) is 5.26 Å². The van der Waals surface area contributed by atoms with Crippen LogP contribution in [0.2, 0.25) is 0 Å². The minimum Gasteiger partial charge on any atom is -0.469 e. The van der Waals surface area contributed by atoms with Gasteiger partial charge in [0.1, 0.15) is 6.04 Å².